The van der Waals surface area contributed by atoms with E-state index in [0.29, 0.717) is 16.9 Å². The van der Waals surface area contributed by atoms with Gasteiger partial charge in [0.1, 0.15) is 5.75 Å². The maximum atomic E-state index is 14.9. The van der Waals surface area contributed by atoms with Crippen molar-refractivity contribution in [2.24, 2.45) is 0 Å². The van der Waals surface area contributed by atoms with Gasteiger partial charge in [0.05, 0.1) is 23.2 Å². The van der Waals surface area contributed by atoms with Crippen molar-refractivity contribution in [3.8, 4) is 0 Å². The van der Waals surface area contributed by atoms with Crippen LogP contribution in [0.1, 0.15) is 129 Å². The second kappa shape index (κ2) is 23.4. The fourth-order valence-electron chi connectivity index (χ4n) is 5.14. The second-order valence-corrected chi connectivity index (χ2v) is 20.0. The van der Waals surface area contributed by atoms with E-state index in [2.05, 4.69) is 25.1 Å². The molecule has 0 radical (unpaired) electrons. The molecule has 0 saturated heterocycles. The van der Waals surface area contributed by atoms with Crippen molar-refractivity contribution in [1.82, 2.24) is 0 Å². The Bertz CT molecular complexity index is 1620. The van der Waals surface area contributed by atoms with Gasteiger partial charge in [-0.3, -0.25) is 13.9 Å². The molecular formula is C40H62Cl2F4N2O5S2. The highest BCUT2D eigenvalue weighted by Gasteiger charge is 2.38. The number of rotatable bonds is 17. The van der Waals surface area contributed by atoms with Crippen LogP contribution in [0.4, 0.5) is 28.9 Å². The molecule has 15 heteroatoms. The van der Waals surface area contributed by atoms with Crippen molar-refractivity contribution in [1.29, 1.82) is 0 Å². The van der Waals surface area contributed by atoms with Crippen LogP contribution in [-0.2, 0) is 34.8 Å². The molecule has 7 nitrogen and oxygen atoms in total. The Labute approximate surface area is 341 Å². The number of aryl methyl sites for hydroxylation is 2. The molecule has 0 spiro atoms. The molecule has 0 saturated carbocycles. The minimum atomic E-state index is -4.33. The molecule has 0 fully saturated rings. The zero-order valence-corrected chi connectivity index (χ0v) is 37.7. The number of anilines is 2. The SMILES string of the molecule is CC(=O)N(C)c1ccc(C(F)(F)CS(=O)(=O)Cl)c(C)c1.CC(C)(C)OCl.CCCCCCCCCC(C)(C)SCC(F)(F)c1ccc(N(C)C(C)=O)cc1C. The highest BCUT2D eigenvalue weighted by atomic mass is 35.7. The third-order valence-corrected chi connectivity index (χ3v) is 11.5. The fourth-order valence-corrected chi connectivity index (χ4v) is 7.15. The van der Waals surface area contributed by atoms with Crippen LogP contribution >= 0.6 is 34.3 Å². The molecule has 0 aliphatic rings. The molecule has 0 aromatic heterocycles. The lowest BCUT2D eigenvalue weighted by atomic mass is 10.0. The molecule has 0 heterocycles. The van der Waals surface area contributed by atoms with Gasteiger partial charge in [-0.25, -0.2) is 26.0 Å². The lowest BCUT2D eigenvalue weighted by Crippen LogP contribution is -2.25. The van der Waals surface area contributed by atoms with Crippen molar-refractivity contribution in [3.63, 3.8) is 0 Å². The van der Waals surface area contributed by atoms with E-state index in [1.54, 1.807) is 26.1 Å². The molecule has 0 aliphatic carbocycles. The maximum Gasteiger partial charge on any atom is 0.288 e. The molecule has 0 N–H and O–H groups in total. The lowest BCUT2D eigenvalue weighted by Gasteiger charge is -2.28. The summed E-state index contributed by atoms with van der Waals surface area (Å²) in [5.74, 6) is -8.53. The van der Waals surface area contributed by atoms with Crippen LogP contribution in [0.3, 0.4) is 0 Å². The number of hydrogen-bond donors (Lipinski definition) is 0. The van der Waals surface area contributed by atoms with Gasteiger partial charge in [0.15, 0.2) is 0 Å². The first kappa shape index (κ1) is 52.9. The summed E-state index contributed by atoms with van der Waals surface area (Å²) in [6.45, 7) is 17.9. The Morgan fingerprint density at radius 2 is 1.13 bits per heavy atom. The topological polar surface area (TPSA) is 84.0 Å². The third-order valence-electron chi connectivity index (χ3n) is 8.54. The van der Waals surface area contributed by atoms with E-state index in [1.165, 1.54) is 106 Å². The summed E-state index contributed by atoms with van der Waals surface area (Å²) < 4.78 is 83.4. The Hall–Kier alpha value is -2.06. The molecule has 0 aliphatic heterocycles. The Kier molecular flexibility index (Phi) is 22.5. The summed E-state index contributed by atoms with van der Waals surface area (Å²) in [6.07, 6.45) is 9.65. The largest absolute Gasteiger partial charge is 0.316 e. The first-order valence-corrected chi connectivity index (χ1v) is 22.1. The lowest BCUT2D eigenvalue weighted by molar-refractivity contribution is -0.117. The van der Waals surface area contributed by atoms with E-state index in [9.17, 15) is 35.6 Å². The number of carbonyl (C=O) groups is 2. The molecule has 0 bridgehead atoms. The van der Waals surface area contributed by atoms with Crippen molar-refractivity contribution in [2.45, 2.75) is 143 Å². The first-order valence-electron chi connectivity index (χ1n) is 18.3. The molecule has 2 aromatic carbocycles. The summed E-state index contributed by atoms with van der Waals surface area (Å²) in [5, 5.41) is 0. The summed E-state index contributed by atoms with van der Waals surface area (Å²) in [6, 6.07) is 8.56. The van der Waals surface area contributed by atoms with Gasteiger partial charge in [-0.05, 0) is 76.4 Å². The number of nitrogens with zero attached hydrogens (tertiary/aromatic N) is 2. The standard InChI is InChI=1S/C24H39F2NOS.C12H14ClF2NO3S.C4H9ClO/c1-7-8-9-10-11-12-13-16-23(4,5)29-18-24(25,26)22-15-14-21(17-19(22)2)27(6)20(3)28;1-8-6-10(16(3)9(2)17)4-5-11(8)12(14,15)7-20(13,18)19;1-4(2,3)6-5/h14-15,17H,7-13,16,18H2,1-6H3;4-6H,7H2,1-3H3;1-3H3. The van der Waals surface area contributed by atoms with E-state index < -0.39 is 32.2 Å². The van der Waals surface area contributed by atoms with Gasteiger partial charge in [-0.1, -0.05) is 77.8 Å². The summed E-state index contributed by atoms with van der Waals surface area (Å²) in [4.78, 5) is 25.5. The van der Waals surface area contributed by atoms with E-state index in [1.807, 2.05) is 20.8 Å². The van der Waals surface area contributed by atoms with Gasteiger partial charge in [0, 0.05) is 65.9 Å². The van der Waals surface area contributed by atoms with E-state index in [-0.39, 0.29) is 39.0 Å². The van der Waals surface area contributed by atoms with E-state index in [0.717, 1.165) is 18.9 Å². The molecule has 0 unspecified atom stereocenters. The molecular weight excluding hydrogens is 799 g/mol. The molecule has 0 atom stereocenters. The van der Waals surface area contributed by atoms with Crippen molar-refractivity contribution in [2.75, 3.05) is 35.4 Å². The summed E-state index contributed by atoms with van der Waals surface area (Å²) >= 11 is 6.34. The zero-order chi connectivity index (χ0) is 43.0. The fraction of sp³-hybridized carbons (Fsp3) is 0.650. The predicted molar refractivity (Wildman–Crippen MR) is 224 cm³/mol. The Balaban J connectivity index is 0.000000966. The Morgan fingerprint density at radius 1 is 0.745 bits per heavy atom. The Morgan fingerprint density at radius 3 is 1.47 bits per heavy atom. The molecule has 2 amide bonds. The number of carbonyl (C=O) groups excluding carboxylic acids is 2. The average Bonchev–Trinajstić information content (AvgIpc) is 3.05. The van der Waals surface area contributed by atoms with Crippen molar-refractivity contribution >= 4 is 66.6 Å². The molecule has 55 heavy (non-hydrogen) atoms. The van der Waals surface area contributed by atoms with E-state index >= 15 is 0 Å². The monoisotopic (exact) mass is 860 g/mol. The van der Waals surface area contributed by atoms with Crippen molar-refractivity contribution in [3.05, 3.63) is 58.7 Å². The number of alkyl halides is 4. The van der Waals surface area contributed by atoms with Crippen LogP contribution in [0.2, 0.25) is 0 Å². The highest BCUT2D eigenvalue weighted by Crippen LogP contribution is 2.41. The van der Waals surface area contributed by atoms with Crippen LogP contribution in [0.5, 0.6) is 0 Å². The van der Waals surface area contributed by atoms with Crippen LogP contribution in [0.25, 0.3) is 0 Å². The van der Waals surface area contributed by atoms with Crippen LogP contribution in [-0.4, -0.2) is 56.2 Å². The van der Waals surface area contributed by atoms with Crippen LogP contribution in [0, 0.1) is 13.8 Å². The minimum Gasteiger partial charge on any atom is -0.316 e. The van der Waals surface area contributed by atoms with Gasteiger partial charge < -0.3 is 9.80 Å². The number of hydrogen-bond acceptors (Lipinski definition) is 6. The van der Waals surface area contributed by atoms with Gasteiger partial charge in [0.25, 0.3) is 11.8 Å². The summed E-state index contributed by atoms with van der Waals surface area (Å²) in [7, 11) is 3.72. The van der Waals surface area contributed by atoms with Crippen molar-refractivity contribution < 1.29 is 39.9 Å². The summed E-state index contributed by atoms with van der Waals surface area (Å²) in [5.41, 5.74) is 1.22. The number of thioether (sulfide) groups is 1. The van der Waals surface area contributed by atoms with E-state index in [4.69, 9.17) is 22.5 Å². The van der Waals surface area contributed by atoms with Gasteiger partial charge in [-0.15, -0.1) is 11.8 Å². The van der Waals surface area contributed by atoms with Gasteiger partial charge in [-0.2, -0.15) is 0 Å². The number of halogens is 6. The maximum absolute atomic E-state index is 14.9. The highest BCUT2D eigenvalue weighted by molar-refractivity contribution is 8.13. The normalized spacial score (nSPS) is 12.3. The van der Waals surface area contributed by atoms with Crippen LogP contribution in [0.15, 0.2) is 36.4 Å². The first-order chi connectivity index (χ1) is 25.0. The third kappa shape index (κ3) is 21.3. The molecule has 2 rings (SSSR count). The average molecular weight is 862 g/mol. The number of amides is 2. The second-order valence-electron chi connectivity index (χ2n) is 15.4. The zero-order valence-electron chi connectivity index (χ0n) is 34.6. The number of unbranched alkanes of at least 4 members (excludes halogenated alkanes) is 6. The van der Waals surface area contributed by atoms with Gasteiger partial charge in [0.2, 0.25) is 20.9 Å². The minimum absolute atomic E-state index is 0.0532. The van der Waals surface area contributed by atoms with Crippen LogP contribution < -0.4 is 9.80 Å². The predicted octanol–water partition coefficient (Wildman–Crippen LogP) is 12.3. The molecule has 2 aromatic rings. The quantitative estimate of drug-likeness (QED) is 0.0895. The van der Waals surface area contributed by atoms with Gasteiger partial charge >= 0.3 is 0 Å². The molecule has 316 valence electrons. The smallest absolute Gasteiger partial charge is 0.288 e. The number of benzene rings is 2.